The van der Waals surface area contributed by atoms with E-state index in [0.29, 0.717) is 13.2 Å². The number of hydrogen-bond donors (Lipinski definition) is 1. The van der Waals surface area contributed by atoms with Crippen LogP contribution in [0.3, 0.4) is 0 Å². The zero-order valence-corrected chi connectivity index (χ0v) is 8.40. The van der Waals surface area contributed by atoms with Gasteiger partial charge in [-0.1, -0.05) is 0 Å². The molecule has 0 aromatic rings. The number of rotatable bonds is 5. The fraction of sp³-hybridized carbons (Fsp3) is 0.889. The number of ether oxygens (including phenoxy) is 3. The van der Waals surface area contributed by atoms with E-state index in [1.807, 2.05) is 0 Å². The first-order chi connectivity index (χ1) is 6.74. The highest BCUT2D eigenvalue weighted by molar-refractivity contribution is 5.75. The first kappa shape index (κ1) is 11.4. The highest BCUT2D eigenvalue weighted by atomic mass is 16.6. The number of carbonyl (C=O) groups is 1. The van der Waals surface area contributed by atoms with Gasteiger partial charge in [0.2, 0.25) is 0 Å². The van der Waals surface area contributed by atoms with Crippen LogP contribution in [0.2, 0.25) is 0 Å². The molecule has 2 atom stereocenters. The van der Waals surface area contributed by atoms with Crippen LogP contribution >= 0.6 is 0 Å². The minimum Gasteiger partial charge on any atom is -0.465 e. The molecule has 1 heterocycles. The molecule has 0 aliphatic carbocycles. The molecule has 0 aromatic heterocycles. The highest BCUT2D eigenvalue weighted by Gasteiger charge is 2.20. The summed E-state index contributed by atoms with van der Waals surface area (Å²) in [4.78, 5) is 11.1. The lowest BCUT2D eigenvalue weighted by atomic mass is 10.3. The van der Waals surface area contributed by atoms with E-state index in [4.69, 9.17) is 19.9 Å². The summed E-state index contributed by atoms with van der Waals surface area (Å²) in [5, 5.41) is 0. The van der Waals surface area contributed by atoms with Crippen molar-refractivity contribution >= 4 is 5.97 Å². The summed E-state index contributed by atoms with van der Waals surface area (Å²) in [5.74, 6) is -0.411. The summed E-state index contributed by atoms with van der Waals surface area (Å²) in [7, 11) is 0. The minimum absolute atomic E-state index is 0.0791. The smallest absolute Gasteiger partial charge is 0.325 e. The summed E-state index contributed by atoms with van der Waals surface area (Å²) in [6.07, 6.45) is 0.950. The lowest BCUT2D eigenvalue weighted by molar-refractivity contribution is -0.146. The van der Waals surface area contributed by atoms with Crippen molar-refractivity contribution in [2.75, 3.05) is 26.4 Å². The monoisotopic (exact) mass is 203 g/mol. The number of hydrogen-bond acceptors (Lipinski definition) is 5. The Hall–Kier alpha value is -0.650. The molecule has 2 N–H and O–H groups in total. The number of carbonyl (C=O) groups excluding carboxylic acids is 1. The van der Waals surface area contributed by atoms with Gasteiger partial charge in [-0.15, -0.1) is 0 Å². The van der Waals surface area contributed by atoms with Gasteiger partial charge in [0.25, 0.3) is 0 Å². The average molecular weight is 203 g/mol. The predicted octanol–water partition coefficient (Wildman–Crippen LogP) is -0.318. The van der Waals surface area contributed by atoms with Gasteiger partial charge in [-0.25, -0.2) is 0 Å². The molecule has 1 aliphatic heterocycles. The van der Waals surface area contributed by atoms with Gasteiger partial charge in [-0.2, -0.15) is 0 Å². The molecule has 1 fully saturated rings. The van der Waals surface area contributed by atoms with E-state index in [2.05, 4.69) is 0 Å². The van der Waals surface area contributed by atoms with Gasteiger partial charge in [0, 0.05) is 6.61 Å². The average Bonchev–Trinajstić information content (AvgIpc) is 2.67. The van der Waals surface area contributed by atoms with Crippen molar-refractivity contribution in [3.8, 4) is 0 Å². The van der Waals surface area contributed by atoms with Crippen molar-refractivity contribution in [1.82, 2.24) is 0 Å². The van der Waals surface area contributed by atoms with Crippen molar-refractivity contribution in [2.45, 2.75) is 25.5 Å². The Morgan fingerprint density at radius 3 is 3.07 bits per heavy atom. The maximum Gasteiger partial charge on any atom is 0.325 e. The lowest BCUT2D eigenvalue weighted by Gasteiger charge is -2.14. The quantitative estimate of drug-likeness (QED) is 0.620. The maximum atomic E-state index is 11.1. The van der Waals surface area contributed by atoms with Crippen molar-refractivity contribution in [3.63, 3.8) is 0 Å². The SMILES string of the molecule is CCOC(=O)C(N)COC1CCOC1. The Labute approximate surface area is 83.5 Å². The first-order valence-electron chi connectivity index (χ1n) is 4.85. The Kier molecular flexibility index (Phi) is 4.86. The van der Waals surface area contributed by atoms with E-state index in [9.17, 15) is 4.79 Å². The van der Waals surface area contributed by atoms with E-state index in [0.717, 1.165) is 13.0 Å². The van der Waals surface area contributed by atoms with E-state index in [1.54, 1.807) is 6.92 Å². The second-order valence-corrected chi connectivity index (χ2v) is 3.18. The second-order valence-electron chi connectivity index (χ2n) is 3.18. The van der Waals surface area contributed by atoms with Crippen molar-refractivity contribution in [2.24, 2.45) is 5.73 Å². The van der Waals surface area contributed by atoms with Gasteiger partial charge in [0.05, 0.1) is 25.9 Å². The molecule has 2 unspecified atom stereocenters. The molecule has 0 aromatic carbocycles. The lowest BCUT2D eigenvalue weighted by Crippen LogP contribution is -2.38. The molecule has 1 aliphatic rings. The fourth-order valence-electron chi connectivity index (χ4n) is 1.20. The van der Waals surface area contributed by atoms with Crippen LogP contribution in [0.4, 0.5) is 0 Å². The van der Waals surface area contributed by atoms with Gasteiger partial charge < -0.3 is 19.9 Å². The van der Waals surface area contributed by atoms with Crippen LogP contribution in [0.5, 0.6) is 0 Å². The summed E-state index contributed by atoms with van der Waals surface area (Å²) >= 11 is 0. The molecule has 0 bridgehead atoms. The highest BCUT2D eigenvalue weighted by Crippen LogP contribution is 2.08. The number of nitrogens with two attached hydrogens (primary N) is 1. The summed E-state index contributed by atoms with van der Waals surface area (Å²) in [6.45, 7) is 3.61. The normalized spacial score (nSPS) is 23.4. The third-order valence-electron chi connectivity index (χ3n) is 1.99. The van der Waals surface area contributed by atoms with Gasteiger partial charge in [-0.05, 0) is 13.3 Å². The Bertz CT molecular complexity index is 180. The Morgan fingerprint density at radius 2 is 2.50 bits per heavy atom. The fourth-order valence-corrected chi connectivity index (χ4v) is 1.20. The molecule has 82 valence electrons. The molecule has 0 saturated carbocycles. The predicted molar refractivity (Wildman–Crippen MR) is 49.8 cm³/mol. The topological polar surface area (TPSA) is 70.8 Å². The summed E-state index contributed by atoms with van der Waals surface area (Å²) in [6, 6.07) is -0.685. The van der Waals surface area contributed by atoms with Gasteiger partial charge >= 0.3 is 5.97 Å². The maximum absolute atomic E-state index is 11.1. The van der Waals surface area contributed by atoms with Crippen LogP contribution in [0.15, 0.2) is 0 Å². The van der Waals surface area contributed by atoms with Crippen molar-refractivity contribution < 1.29 is 19.0 Å². The van der Waals surface area contributed by atoms with Crippen LogP contribution in [-0.2, 0) is 19.0 Å². The van der Waals surface area contributed by atoms with Gasteiger partial charge in [-0.3, -0.25) is 4.79 Å². The molecule has 0 amide bonds. The largest absolute Gasteiger partial charge is 0.465 e. The standard InChI is InChI=1S/C9H17NO4/c1-2-13-9(11)8(10)6-14-7-3-4-12-5-7/h7-8H,2-6,10H2,1H3. The molecule has 1 saturated heterocycles. The molecule has 0 spiro atoms. The Morgan fingerprint density at radius 1 is 1.71 bits per heavy atom. The molecular weight excluding hydrogens is 186 g/mol. The molecule has 5 nitrogen and oxygen atoms in total. The molecular formula is C9H17NO4. The van der Waals surface area contributed by atoms with E-state index in [-0.39, 0.29) is 12.7 Å². The first-order valence-corrected chi connectivity index (χ1v) is 4.85. The van der Waals surface area contributed by atoms with Crippen LogP contribution in [0, 0.1) is 0 Å². The summed E-state index contributed by atoms with van der Waals surface area (Å²) < 4.78 is 15.2. The summed E-state index contributed by atoms with van der Waals surface area (Å²) in [5.41, 5.74) is 5.54. The van der Waals surface area contributed by atoms with Gasteiger partial charge in [0.1, 0.15) is 6.04 Å². The minimum atomic E-state index is -0.685. The third kappa shape index (κ3) is 3.61. The zero-order chi connectivity index (χ0) is 10.4. The Balaban J connectivity index is 2.13. The molecule has 1 rings (SSSR count). The third-order valence-corrected chi connectivity index (χ3v) is 1.99. The van der Waals surface area contributed by atoms with E-state index in [1.165, 1.54) is 0 Å². The van der Waals surface area contributed by atoms with Gasteiger partial charge in [0.15, 0.2) is 0 Å². The van der Waals surface area contributed by atoms with E-state index < -0.39 is 12.0 Å². The van der Waals surface area contributed by atoms with Crippen LogP contribution in [0.25, 0.3) is 0 Å². The molecule has 5 heteroatoms. The van der Waals surface area contributed by atoms with Crippen LogP contribution < -0.4 is 5.73 Å². The van der Waals surface area contributed by atoms with Crippen molar-refractivity contribution in [1.29, 1.82) is 0 Å². The second kappa shape index (κ2) is 5.95. The molecule has 0 radical (unpaired) electrons. The molecule has 14 heavy (non-hydrogen) atoms. The van der Waals surface area contributed by atoms with Crippen LogP contribution in [-0.4, -0.2) is 44.5 Å². The van der Waals surface area contributed by atoms with Crippen LogP contribution in [0.1, 0.15) is 13.3 Å². The zero-order valence-electron chi connectivity index (χ0n) is 8.40. The van der Waals surface area contributed by atoms with E-state index >= 15 is 0 Å². The van der Waals surface area contributed by atoms with Crippen molar-refractivity contribution in [3.05, 3.63) is 0 Å². The number of esters is 1.